The summed E-state index contributed by atoms with van der Waals surface area (Å²) in [5.74, 6) is 0.638. The first-order chi connectivity index (χ1) is 9.00. The van der Waals surface area contributed by atoms with E-state index >= 15 is 0 Å². The average molecular weight is 255 g/mol. The average Bonchev–Trinajstić information content (AvgIpc) is 2.38. The monoisotopic (exact) mass is 255 g/mol. The SMILES string of the molecule is Cc1cc(O)c(C(C)C)cc1C(N)c1ccccc1. The Morgan fingerprint density at radius 1 is 1.00 bits per heavy atom. The molecule has 0 bridgehead atoms. The number of nitrogens with two attached hydrogens (primary N) is 1. The fraction of sp³-hybridized carbons (Fsp3) is 0.294. The van der Waals surface area contributed by atoms with Crippen molar-refractivity contribution in [2.75, 3.05) is 0 Å². The Morgan fingerprint density at radius 2 is 1.63 bits per heavy atom. The number of phenols is 1. The van der Waals surface area contributed by atoms with Gasteiger partial charge in [0.15, 0.2) is 0 Å². The van der Waals surface area contributed by atoms with Gasteiger partial charge in [0.1, 0.15) is 5.75 Å². The number of phenolic OH excluding ortho intramolecular Hbond substituents is 1. The molecule has 0 saturated carbocycles. The molecule has 0 saturated heterocycles. The number of aryl methyl sites for hydroxylation is 1. The summed E-state index contributed by atoms with van der Waals surface area (Å²) < 4.78 is 0. The third-order valence-electron chi connectivity index (χ3n) is 3.53. The molecule has 0 aliphatic rings. The summed E-state index contributed by atoms with van der Waals surface area (Å²) in [4.78, 5) is 0. The zero-order valence-corrected chi connectivity index (χ0v) is 11.7. The summed E-state index contributed by atoms with van der Waals surface area (Å²) in [7, 11) is 0. The molecule has 2 nitrogen and oxygen atoms in total. The molecule has 0 amide bonds. The molecule has 0 heterocycles. The van der Waals surface area contributed by atoms with Gasteiger partial charge in [-0.05, 0) is 47.2 Å². The van der Waals surface area contributed by atoms with Crippen molar-refractivity contribution >= 4 is 0 Å². The van der Waals surface area contributed by atoms with Gasteiger partial charge in [0.25, 0.3) is 0 Å². The van der Waals surface area contributed by atoms with Gasteiger partial charge in [-0.1, -0.05) is 44.2 Å². The van der Waals surface area contributed by atoms with E-state index in [2.05, 4.69) is 13.8 Å². The normalized spacial score (nSPS) is 12.7. The highest BCUT2D eigenvalue weighted by Gasteiger charge is 2.15. The van der Waals surface area contributed by atoms with Crippen LogP contribution in [0.25, 0.3) is 0 Å². The van der Waals surface area contributed by atoms with Crippen LogP contribution in [-0.2, 0) is 0 Å². The molecule has 1 unspecified atom stereocenters. The third-order valence-corrected chi connectivity index (χ3v) is 3.53. The molecule has 2 aromatic carbocycles. The molecular formula is C17H21NO. The molecule has 0 aliphatic heterocycles. The maximum atomic E-state index is 10.00. The third kappa shape index (κ3) is 2.79. The molecule has 0 fully saturated rings. The maximum absolute atomic E-state index is 10.00. The van der Waals surface area contributed by atoms with Gasteiger partial charge < -0.3 is 10.8 Å². The van der Waals surface area contributed by atoms with Crippen molar-refractivity contribution in [1.82, 2.24) is 0 Å². The minimum atomic E-state index is -0.153. The number of aromatic hydroxyl groups is 1. The predicted molar refractivity (Wildman–Crippen MR) is 79.4 cm³/mol. The minimum Gasteiger partial charge on any atom is -0.508 e. The summed E-state index contributed by atoms with van der Waals surface area (Å²) >= 11 is 0. The number of hydrogen-bond acceptors (Lipinski definition) is 2. The van der Waals surface area contributed by atoms with Gasteiger partial charge in [-0.25, -0.2) is 0 Å². The summed E-state index contributed by atoms with van der Waals surface area (Å²) in [6, 6.07) is 13.7. The molecule has 0 spiro atoms. The first-order valence-corrected chi connectivity index (χ1v) is 6.64. The fourth-order valence-electron chi connectivity index (χ4n) is 2.36. The van der Waals surface area contributed by atoms with Crippen LogP contribution in [0.4, 0.5) is 0 Å². The van der Waals surface area contributed by atoms with Crippen LogP contribution in [0.1, 0.15) is 48.1 Å². The standard InChI is InChI=1S/C17H21NO/c1-11(2)14-10-15(12(3)9-16(14)19)17(18)13-7-5-4-6-8-13/h4-11,17,19H,18H2,1-3H3. The van der Waals surface area contributed by atoms with Crippen LogP contribution in [0.2, 0.25) is 0 Å². The van der Waals surface area contributed by atoms with Crippen LogP contribution in [0.5, 0.6) is 5.75 Å². The molecule has 100 valence electrons. The van der Waals surface area contributed by atoms with E-state index < -0.39 is 0 Å². The van der Waals surface area contributed by atoms with Crippen LogP contribution in [0, 0.1) is 6.92 Å². The van der Waals surface area contributed by atoms with Crippen LogP contribution in [0.3, 0.4) is 0 Å². The van der Waals surface area contributed by atoms with Crippen molar-refractivity contribution in [3.8, 4) is 5.75 Å². The Morgan fingerprint density at radius 3 is 2.21 bits per heavy atom. The van der Waals surface area contributed by atoms with Crippen molar-refractivity contribution in [1.29, 1.82) is 0 Å². The lowest BCUT2D eigenvalue weighted by Crippen LogP contribution is -2.13. The van der Waals surface area contributed by atoms with Gasteiger partial charge in [0.2, 0.25) is 0 Å². The van der Waals surface area contributed by atoms with Crippen LogP contribution in [-0.4, -0.2) is 5.11 Å². The molecule has 2 heteroatoms. The van der Waals surface area contributed by atoms with E-state index in [1.807, 2.05) is 49.4 Å². The number of hydrogen-bond donors (Lipinski definition) is 2. The molecule has 19 heavy (non-hydrogen) atoms. The van der Waals surface area contributed by atoms with Crippen molar-refractivity contribution in [2.24, 2.45) is 5.73 Å². The zero-order valence-electron chi connectivity index (χ0n) is 11.7. The van der Waals surface area contributed by atoms with Crippen LogP contribution >= 0.6 is 0 Å². The summed E-state index contributed by atoms with van der Waals surface area (Å²) in [5, 5.41) is 10.00. The van der Waals surface area contributed by atoms with E-state index in [0.717, 1.165) is 22.3 Å². The first kappa shape index (κ1) is 13.6. The Labute approximate surface area is 114 Å². The van der Waals surface area contributed by atoms with Gasteiger partial charge in [0.05, 0.1) is 6.04 Å². The lowest BCUT2D eigenvalue weighted by atomic mass is 9.90. The van der Waals surface area contributed by atoms with Crippen molar-refractivity contribution in [3.63, 3.8) is 0 Å². The zero-order chi connectivity index (χ0) is 14.0. The predicted octanol–water partition coefficient (Wildman–Crippen LogP) is 3.87. The Kier molecular flexibility index (Phi) is 3.91. The van der Waals surface area contributed by atoms with E-state index in [-0.39, 0.29) is 12.0 Å². The smallest absolute Gasteiger partial charge is 0.119 e. The second-order valence-corrected chi connectivity index (χ2v) is 5.31. The van der Waals surface area contributed by atoms with E-state index in [1.54, 1.807) is 0 Å². The van der Waals surface area contributed by atoms with E-state index in [0.29, 0.717) is 5.75 Å². The lowest BCUT2D eigenvalue weighted by molar-refractivity contribution is 0.464. The minimum absolute atomic E-state index is 0.153. The summed E-state index contributed by atoms with van der Waals surface area (Å²) in [6.07, 6.45) is 0. The molecule has 0 aromatic heterocycles. The Bertz CT molecular complexity index is 561. The maximum Gasteiger partial charge on any atom is 0.119 e. The van der Waals surface area contributed by atoms with Gasteiger partial charge in [-0.3, -0.25) is 0 Å². The van der Waals surface area contributed by atoms with E-state index in [1.165, 1.54) is 0 Å². The van der Waals surface area contributed by atoms with Crippen molar-refractivity contribution < 1.29 is 5.11 Å². The van der Waals surface area contributed by atoms with Gasteiger partial charge in [-0.15, -0.1) is 0 Å². The summed E-state index contributed by atoms with van der Waals surface area (Å²) in [5.41, 5.74) is 10.5. The largest absolute Gasteiger partial charge is 0.508 e. The van der Waals surface area contributed by atoms with Gasteiger partial charge in [-0.2, -0.15) is 0 Å². The Balaban J connectivity index is 2.47. The molecular weight excluding hydrogens is 234 g/mol. The van der Waals surface area contributed by atoms with Crippen LogP contribution < -0.4 is 5.73 Å². The Hall–Kier alpha value is -1.80. The molecule has 2 aromatic rings. The van der Waals surface area contributed by atoms with Crippen LogP contribution in [0.15, 0.2) is 42.5 Å². The highest BCUT2D eigenvalue weighted by Crippen LogP contribution is 2.32. The highest BCUT2D eigenvalue weighted by atomic mass is 16.3. The van der Waals surface area contributed by atoms with Crippen molar-refractivity contribution in [3.05, 3.63) is 64.7 Å². The van der Waals surface area contributed by atoms with Gasteiger partial charge >= 0.3 is 0 Å². The summed E-state index contributed by atoms with van der Waals surface area (Å²) in [6.45, 7) is 6.13. The topological polar surface area (TPSA) is 46.2 Å². The number of benzene rings is 2. The van der Waals surface area contributed by atoms with E-state index in [9.17, 15) is 5.11 Å². The quantitative estimate of drug-likeness (QED) is 0.874. The second kappa shape index (κ2) is 5.45. The molecule has 0 radical (unpaired) electrons. The van der Waals surface area contributed by atoms with E-state index in [4.69, 9.17) is 5.73 Å². The molecule has 2 rings (SSSR count). The highest BCUT2D eigenvalue weighted by molar-refractivity contribution is 5.46. The second-order valence-electron chi connectivity index (χ2n) is 5.31. The first-order valence-electron chi connectivity index (χ1n) is 6.64. The van der Waals surface area contributed by atoms with Gasteiger partial charge in [0, 0.05) is 0 Å². The lowest BCUT2D eigenvalue weighted by Gasteiger charge is -2.19. The molecule has 1 atom stereocenters. The molecule has 3 N–H and O–H groups in total. The number of rotatable bonds is 3. The fourth-order valence-corrected chi connectivity index (χ4v) is 2.36. The molecule has 0 aliphatic carbocycles. The van der Waals surface area contributed by atoms with Crippen molar-refractivity contribution in [2.45, 2.75) is 32.7 Å².